The first kappa shape index (κ1) is 75.1. The molecule has 0 aliphatic rings. The van der Waals surface area contributed by atoms with Gasteiger partial charge in [-0.25, -0.2) is 0 Å². The highest BCUT2D eigenvalue weighted by Crippen LogP contribution is 2.17. The van der Waals surface area contributed by atoms with Gasteiger partial charge in [0.1, 0.15) is 13.2 Å². The summed E-state index contributed by atoms with van der Waals surface area (Å²) in [5.74, 6) is -0.935. The van der Waals surface area contributed by atoms with E-state index in [4.69, 9.17) is 14.2 Å². The Balaban J connectivity index is 4.43. The highest BCUT2D eigenvalue weighted by atomic mass is 16.6. The Morgan fingerprint density at radius 1 is 0.266 bits per heavy atom. The quantitative estimate of drug-likeness (QED) is 0.0261. The highest BCUT2D eigenvalue weighted by molar-refractivity contribution is 5.71. The molecule has 0 saturated heterocycles. The molecular weight excluding hydrogens is 973 g/mol. The number of unbranched alkanes of at least 4 members (excludes halogenated alkanes) is 31. The van der Waals surface area contributed by atoms with Crippen LogP contribution in [-0.4, -0.2) is 37.2 Å². The normalized spacial score (nSPS) is 12.8. The van der Waals surface area contributed by atoms with E-state index in [1.54, 1.807) is 0 Å². The van der Waals surface area contributed by atoms with Gasteiger partial charge in [0.15, 0.2) is 6.10 Å². The molecule has 6 heteroatoms. The minimum atomic E-state index is -0.801. The molecule has 0 aliphatic heterocycles. The van der Waals surface area contributed by atoms with Gasteiger partial charge in [-0.1, -0.05) is 297 Å². The molecule has 0 aromatic carbocycles. The summed E-state index contributed by atoms with van der Waals surface area (Å²) in [6.45, 7) is 6.51. The van der Waals surface area contributed by atoms with Crippen LogP contribution in [0, 0.1) is 0 Å². The fourth-order valence-corrected chi connectivity index (χ4v) is 9.28. The molecule has 6 nitrogen and oxygen atoms in total. The number of carbonyl (C=O) groups is 3. The third kappa shape index (κ3) is 64.8. The summed E-state index contributed by atoms with van der Waals surface area (Å²) in [6, 6.07) is 0. The van der Waals surface area contributed by atoms with Gasteiger partial charge in [-0.2, -0.15) is 0 Å². The van der Waals surface area contributed by atoms with E-state index in [2.05, 4.69) is 130 Å². The Labute approximate surface area is 489 Å². The number of rotatable bonds is 60. The van der Waals surface area contributed by atoms with Gasteiger partial charge in [-0.05, 0) is 109 Å². The molecule has 0 rings (SSSR count). The van der Waals surface area contributed by atoms with Gasteiger partial charge < -0.3 is 14.2 Å². The summed E-state index contributed by atoms with van der Waals surface area (Å²) in [5.41, 5.74) is 0. The van der Waals surface area contributed by atoms with Gasteiger partial charge in [0.25, 0.3) is 0 Å². The Bertz CT molecular complexity index is 1590. The molecule has 79 heavy (non-hydrogen) atoms. The largest absolute Gasteiger partial charge is 0.462 e. The van der Waals surface area contributed by atoms with Crippen molar-refractivity contribution in [3.05, 3.63) is 109 Å². The molecule has 452 valence electrons. The average molecular weight is 1100 g/mol. The lowest BCUT2D eigenvalue weighted by molar-refractivity contribution is -0.167. The molecule has 0 spiro atoms. The van der Waals surface area contributed by atoms with E-state index in [9.17, 15) is 14.4 Å². The Hall–Kier alpha value is -3.93. The first-order chi connectivity index (χ1) is 39.0. The minimum absolute atomic E-state index is 0.0945. The van der Waals surface area contributed by atoms with E-state index in [0.717, 1.165) is 116 Å². The molecule has 0 bridgehead atoms. The van der Waals surface area contributed by atoms with Gasteiger partial charge in [-0.15, -0.1) is 0 Å². The summed E-state index contributed by atoms with van der Waals surface area (Å²) < 4.78 is 16.9. The van der Waals surface area contributed by atoms with Gasteiger partial charge in [-0.3, -0.25) is 14.4 Å². The van der Waals surface area contributed by atoms with Crippen molar-refractivity contribution in [3.63, 3.8) is 0 Å². The standard InChI is InChI=1S/C73H124O6/c1-4-7-10-13-16-19-22-25-28-30-32-33-34-35-36-37-38-39-41-42-45-48-51-54-57-60-63-66-72(75)78-69-70(68-77-71(74)65-62-59-56-53-50-47-44-27-24-21-18-15-12-9-6-3)79-73(76)67-64-61-58-55-52-49-46-43-40-31-29-26-23-20-17-14-11-8-5-2/h7,10,16,19,25,27-28,32-33,35-36,38-39,42,44-45,51,54,70H,4-6,8-9,11-15,17-18,20-24,26,29-31,34,37,40-41,43,46-50,52-53,55-69H2,1-3H3/b10-7-,19-16-,28-25-,33-32-,36-35-,39-38-,44-27-,45-42-,54-51-. The van der Waals surface area contributed by atoms with Crippen molar-refractivity contribution < 1.29 is 28.6 Å². The van der Waals surface area contributed by atoms with Crippen LogP contribution >= 0.6 is 0 Å². The van der Waals surface area contributed by atoms with Crippen LogP contribution in [0.5, 0.6) is 0 Å². The van der Waals surface area contributed by atoms with Gasteiger partial charge in [0, 0.05) is 19.3 Å². The van der Waals surface area contributed by atoms with Gasteiger partial charge in [0.2, 0.25) is 0 Å². The lowest BCUT2D eigenvalue weighted by Crippen LogP contribution is -2.30. The molecule has 0 aliphatic carbocycles. The smallest absolute Gasteiger partial charge is 0.306 e. The number of hydrogen-bond acceptors (Lipinski definition) is 6. The SMILES string of the molecule is CC/C=C\C/C=C\C/C=C\C/C=C\C/C=C\C/C=C\C/C=C\C/C=C\CCCCC(=O)OCC(COC(=O)CCCCCCC/C=C\CCCCCCCC)OC(=O)CCCCCCCCCCCCCCCCCCCCC. The van der Waals surface area contributed by atoms with Crippen molar-refractivity contribution in [2.45, 2.75) is 322 Å². The number of hydrogen-bond donors (Lipinski definition) is 0. The maximum atomic E-state index is 12.9. The first-order valence-corrected chi connectivity index (χ1v) is 33.4. The molecule has 0 N–H and O–H groups in total. The maximum absolute atomic E-state index is 12.9. The van der Waals surface area contributed by atoms with Crippen molar-refractivity contribution in [2.75, 3.05) is 13.2 Å². The Kier molecular flexibility index (Phi) is 63.3. The summed E-state index contributed by atoms with van der Waals surface area (Å²) in [6.07, 6.45) is 91.0. The zero-order chi connectivity index (χ0) is 57.1. The molecule has 0 saturated carbocycles. The monoisotopic (exact) mass is 1100 g/mol. The lowest BCUT2D eigenvalue weighted by Gasteiger charge is -2.18. The van der Waals surface area contributed by atoms with Crippen molar-refractivity contribution in [1.82, 2.24) is 0 Å². The second kappa shape index (κ2) is 66.6. The van der Waals surface area contributed by atoms with Gasteiger partial charge >= 0.3 is 17.9 Å². The molecule has 0 amide bonds. The van der Waals surface area contributed by atoms with E-state index < -0.39 is 6.10 Å². The fourth-order valence-electron chi connectivity index (χ4n) is 9.28. The molecule has 0 aromatic heterocycles. The van der Waals surface area contributed by atoms with Crippen LogP contribution in [0.2, 0.25) is 0 Å². The van der Waals surface area contributed by atoms with Crippen LogP contribution in [0.25, 0.3) is 0 Å². The molecule has 1 atom stereocenters. The highest BCUT2D eigenvalue weighted by Gasteiger charge is 2.19. The summed E-state index contributed by atoms with van der Waals surface area (Å²) >= 11 is 0. The zero-order valence-corrected chi connectivity index (χ0v) is 51.9. The van der Waals surface area contributed by atoms with Gasteiger partial charge in [0.05, 0.1) is 0 Å². The molecular formula is C73H124O6. The van der Waals surface area contributed by atoms with Crippen LogP contribution in [0.1, 0.15) is 316 Å². The Morgan fingerprint density at radius 2 is 0.494 bits per heavy atom. The van der Waals surface area contributed by atoms with Crippen molar-refractivity contribution in [1.29, 1.82) is 0 Å². The topological polar surface area (TPSA) is 78.9 Å². The zero-order valence-electron chi connectivity index (χ0n) is 51.9. The molecule has 0 aromatic rings. The van der Waals surface area contributed by atoms with Crippen molar-refractivity contribution >= 4 is 17.9 Å². The summed E-state index contributed by atoms with van der Waals surface area (Å²) in [7, 11) is 0. The number of allylic oxidation sites excluding steroid dienone is 18. The molecule has 1 unspecified atom stereocenters. The lowest BCUT2D eigenvalue weighted by atomic mass is 10.0. The van der Waals surface area contributed by atoms with E-state index in [-0.39, 0.29) is 31.1 Å². The van der Waals surface area contributed by atoms with Crippen molar-refractivity contribution in [3.8, 4) is 0 Å². The second-order valence-electron chi connectivity index (χ2n) is 22.0. The predicted octanol–water partition coefficient (Wildman–Crippen LogP) is 23.0. The van der Waals surface area contributed by atoms with E-state index >= 15 is 0 Å². The molecule has 0 heterocycles. The van der Waals surface area contributed by atoms with E-state index in [1.165, 1.54) is 161 Å². The maximum Gasteiger partial charge on any atom is 0.306 e. The molecule has 0 radical (unpaired) electrons. The van der Waals surface area contributed by atoms with Crippen LogP contribution in [0.4, 0.5) is 0 Å². The summed E-state index contributed by atoms with van der Waals surface area (Å²) in [4.78, 5) is 38.4. The van der Waals surface area contributed by atoms with E-state index in [0.29, 0.717) is 19.3 Å². The Morgan fingerprint density at radius 3 is 0.810 bits per heavy atom. The first-order valence-electron chi connectivity index (χ1n) is 33.4. The predicted molar refractivity (Wildman–Crippen MR) is 343 cm³/mol. The van der Waals surface area contributed by atoms with Crippen LogP contribution in [0.3, 0.4) is 0 Å². The van der Waals surface area contributed by atoms with E-state index in [1.807, 2.05) is 0 Å². The van der Waals surface area contributed by atoms with Crippen molar-refractivity contribution in [2.24, 2.45) is 0 Å². The van der Waals surface area contributed by atoms with Crippen LogP contribution in [0.15, 0.2) is 109 Å². The van der Waals surface area contributed by atoms with Crippen LogP contribution < -0.4 is 0 Å². The number of esters is 3. The number of ether oxygens (including phenoxy) is 3. The summed E-state index contributed by atoms with van der Waals surface area (Å²) in [5, 5.41) is 0. The molecule has 0 fully saturated rings. The third-order valence-electron chi connectivity index (χ3n) is 14.3. The third-order valence-corrected chi connectivity index (χ3v) is 14.3. The minimum Gasteiger partial charge on any atom is -0.462 e. The van der Waals surface area contributed by atoms with Crippen LogP contribution in [-0.2, 0) is 28.6 Å². The second-order valence-corrected chi connectivity index (χ2v) is 22.0. The number of carbonyl (C=O) groups excluding carboxylic acids is 3. The average Bonchev–Trinajstić information content (AvgIpc) is 3.45. The fraction of sp³-hybridized carbons (Fsp3) is 0.712.